The van der Waals surface area contributed by atoms with Crippen molar-refractivity contribution in [2.24, 2.45) is 0 Å². The number of amides is 1. The fourth-order valence-electron chi connectivity index (χ4n) is 2.91. The molecule has 138 valence electrons. The number of thioether (sulfide) groups is 1. The van der Waals surface area contributed by atoms with Crippen molar-refractivity contribution in [3.63, 3.8) is 0 Å². The van der Waals surface area contributed by atoms with Crippen molar-refractivity contribution < 1.29 is 4.79 Å². The Hall–Kier alpha value is -2.52. The van der Waals surface area contributed by atoms with Gasteiger partial charge in [0.15, 0.2) is 0 Å². The molecule has 0 spiro atoms. The molecule has 1 amide bonds. The highest BCUT2D eigenvalue weighted by Crippen LogP contribution is 2.23. The van der Waals surface area contributed by atoms with Gasteiger partial charge in [-0.2, -0.15) is 0 Å². The van der Waals surface area contributed by atoms with E-state index in [2.05, 4.69) is 79.8 Å². The summed E-state index contributed by atoms with van der Waals surface area (Å²) in [6.07, 6.45) is 0. The van der Waals surface area contributed by atoms with Crippen LogP contribution in [0.4, 0.5) is 0 Å². The van der Waals surface area contributed by atoms with Gasteiger partial charge in [-0.1, -0.05) is 90.0 Å². The van der Waals surface area contributed by atoms with Crippen LogP contribution in [0.1, 0.15) is 33.9 Å². The van der Waals surface area contributed by atoms with E-state index >= 15 is 0 Å². The molecule has 0 aliphatic heterocycles. The number of hydrogen-bond donors (Lipinski definition) is 1. The third-order valence-electron chi connectivity index (χ3n) is 4.47. The minimum atomic E-state index is -0.126. The predicted octanol–water partition coefficient (Wildman–Crippen LogP) is 5.44. The summed E-state index contributed by atoms with van der Waals surface area (Å²) in [5.41, 5.74) is 5.91. The number of carbonyl (C=O) groups excluding carboxylic acids is 1. The summed E-state index contributed by atoms with van der Waals surface area (Å²) >= 11 is 1.64. The Labute approximate surface area is 166 Å². The van der Waals surface area contributed by atoms with Crippen molar-refractivity contribution >= 4 is 17.7 Å². The van der Waals surface area contributed by atoms with E-state index in [4.69, 9.17) is 0 Å². The van der Waals surface area contributed by atoms with Crippen LogP contribution in [-0.2, 0) is 10.5 Å². The van der Waals surface area contributed by atoms with Gasteiger partial charge in [-0.25, -0.2) is 0 Å². The lowest BCUT2D eigenvalue weighted by Crippen LogP contribution is -2.30. The summed E-state index contributed by atoms with van der Waals surface area (Å²) < 4.78 is 0. The van der Waals surface area contributed by atoms with Crippen molar-refractivity contribution in [1.82, 2.24) is 5.32 Å². The molecule has 0 unspecified atom stereocenters. The molecular weight excluding hydrogens is 350 g/mol. The van der Waals surface area contributed by atoms with Crippen LogP contribution in [0.25, 0.3) is 0 Å². The monoisotopic (exact) mass is 375 g/mol. The zero-order chi connectivity index (χ0) is 19.1. The Balaban J connectivity index is 1.63. The third-order valence-corrected chi connectivity index (χ3v) is 5.48. The largest absolute Gasteiger partial charge is 0.344 e. The van der Waals surface area contributed by atoms with Crippen LogP contribution in [0, 0.1) is 13.8 Å². The SMILES string of the molecule is Cc1ccc(CSCC(=O)N[C@@H](c2ccccc2)c2ccc(C)cc2)cc1. The van der Waals surface area contributed by atoms with Crippen LogP contribution in [0.2, 0.25) is 0 Å². The summed E-state index contributed by atoms with van der Waals surface area (Å²) in [7, 11) is 0. The van der Waals surface area contributed by atoms with E-state index in [9.17, 15) is 4.79 Å². The lowest BCUT2D eigenvalue weighted by Gasteiger charge is -2.20. The molecule has 1 N–H and O–H groups in total. The molecule has 0 heterocycles. The zero-order valence-corrected chi connectivity index (χ0v) is 16.6. The second kappa shape index (κ2) is 9.43. The molecule has 0 aromatic heterocycles. The molecule has 0 saturated heterocycles. The van der Waals surface area contributed by atoms with Gasteiger partial charge in [0.2, 0.25) is 5.91 Å². The lowest BCUT2D eigenvalue weighted by molar-refractivity contribution is -0.119. The first-order valence-electron chi connectivity index (χ1n) is 9.16. The third kappa shape index (κ3) is 5.73. The second-order valence-corrected chi connectivity index (χ2v) is 7.79. The smallest absolute Gasteiger partial charge is 0.230 e. The summed E-state index contributed by atoms with van der Waals surface area (Å²) in [5.74, 6) is 1.35. The normalized spacial score (nSPS) is 11.8. The van der Waals surface area contributed by atoms with Crippen LogP contribution in [-0.4, -0.2) is 11.7 Å². The molecule has 2 nitrogen and oxygen atoms in total. The number of rotatable bonds is 7. The first kappa shape index (κ1) is 19.2. The van der Waals surface area contributed by atoms with Crippen LogP contribution < -0.4 is 5.32 Å². The number of nitrogens with one attached hydrogen (secondary N) is 1. The first-order chi connectivity index (χ1) is 13.1. The van der Waals surface area contributed by atoms with Gasteiger partial charge >= 0.3 is 0 Å². The minimum Gasteiger partial charge on any atom is -0.344 e. The van der Waals surface area contributed by atoms with E-state index in [1.165, 1.54) is 16.7 Å². The Morgan fingerprint density at radius 3 is 2.00 bits per heavy atom. The average Bonchev–Trinajstić information content (AvgIpc) is 2.69. The molecule has 3 rings (SSSR count). The fraction of sp³-hybridized carbons (Fsp3) is 0.208. The fourth-order valence-corrected chi connectivity index (χ4v) is 3.71. The van der Waals surface area contributed by atoms with E-state index < -0.39 is 0 Å². The Morgan fingerprint density at radius 1 is 0.815 bits per heavy atom. The van der Waals surface area contributed by atoms with Gasteiger partial charge in [-0.3, -0.25) is 4.79 Å². The first-order valence-corrected chi connectivity index (χ1v) is 10.3. The lowest BCUT2D eigenvalue weighted by atomic mass is 9.98. The van der Waals surface area contributed by atoms with Gasteiger partial charge in [0.05, 0.1) is 11.8 Å². The zero-order valence-electron chi connectivity index (χ0n) is 15.8. The maximum Gasteiger partial charge on any atom is 0.230 e. The van der Waals surface area contributed by atoms with Gasteiger partial charge in [-0.05, 0) is 30.5 Å². The molecule has 0 aliphatic rings. The highest BCUT2D eigenvalue weighted by molar-refractivity contribution is 7.99. The second-order valence-electron chi connectivity index (χ2n) is 6.80. The summed E-state index contributed by atoms with van der Waals surface area (Å²) in [5, 5.41) is 3.20. The topological polar surface area (TPSA) is 29.1 Å². The van der Waals surface area contributed by atoms with Crippen molar-refractivity contribution in [3.8, 4) is 0 Å². The van der Waals surface area contributed by atoms with Gasteiger partial charge in [0.25, 0.3) is 0 Å². The molecular formula is C24H25NOS. The Morgan fingerprint density at radius 2 is 1.37 bits per heavy atom. The van der Waals surface area contributed by atoms with Crippen LogP contribution in [0.5, 0.6) is 0 Å². The van der Waals surface area contributed by atoms with Crippen LogP contribution >= 0.6 is 11.8 Å². The van der Waals surface area contributed by atoms with E-state index in [0.29, 0.717) is 5.75 Å². The van der Waals surface area contributed by atoms with E-state index in [1.807, 2.05) is 18.2 Å². The number of hydrogen-bond acceptors (Lipinski definition) is 2. The number of carbonyl (C=O) groups is 1. The maximum atomic E-state index is 12.6. The number of benzene rings is 3. The van der Waals surface area contributed by atoms with Crippen LogP contribution in [0.3, 0.4) is 0 Å². The standard InChI is InChI=1S/C24H25NOS/c1-18-8-12-20(13-9-18)16-27-17-23(26)25-24(21-6-4-3-5-7-21)22-14-10-19(2)11-15-22/h3-15,24H,16-17H2,1-2H3,(H,25,26)/t24-/m0/s1. The van der Waals surface area contributed by atoms with Crippen molar-refractivity contribution in [2.45, 2.75) is 25.6 Å². The predicted molar refractivity (Wildman–Crippen MR) is 115 cm³/mol. The van der Waals surface area contributed by atoms with Crippen molar-refractivity contribution in [3.05, 3.63) is 107 Å². The van der Waals surface area contributed by atoms with E-state index in [0.717, 1.165) is 16.9 Å². The molecule has 3 aromatic rings. The quantitative estimate of drug-likeness (QED) is 0.595. The van der Waals surface area contributed by atoms with Gasteiger partial charge in [0, 0.05) is 5.75 Å². The van der Waals surface area contributed by atoms with Gasteiger partial charge < -0.3 is 5.32 Å². The molecule has 0 saturated carbocycles. The molecule has 3 heteroatoms. The molecule has 3 aromatic carbocycles. The summed E-state index contributed by atoms with van der Waals surface area (Å²) in [6, 6.07) is 26.8. The number of aryl methyl sites for hydroxylation is 2. The minimum absolute atomic E-state index is 0.0570. The molecule has 1 atom stereocenters. The Bertz CT molecular complexity index is 857. The van der Waals surface area contributed by atoms with Crippen molar-refractivity contribution in [2.75, 3.05) is 5.75 Å². The van der Waals surface area contributed by atoms with E-state index in [1.54, 1.807) is 11.8 Å². The molecule has 0 fully saturated rings. The average molecular weight is 376 g/mol. The highest BCUT2D eigenvalue weighted by Gasteiger charge is 2.16. The highest BCUT2D eigenvalue weighted by atomic mass is 32.2. The van der Waals surface area contributed by atoms with Crippen molar-refractivity contribution in [1.29, 1.82) is 0 Å². The van der Waals surface area contributed by atoms with Crippen LogP contribution in [0.15, 0.2) is 78.9 Å². The van der Waals surface area contributed by atoms with Gasteiger partial charge in [-0.15, -0.1) is 11.8 Å². The van der Waals surface area contributed by atoms with E-state index in [-0.39, 0.29) is 11.9 Å². The summed E-state index contributed by atoms with van der Waals surface area (Å²) in [4.78, 5) is 12.6. The molecule has 27 heavy (non-hydrogen) atoms. The molecule has 0 aliphatic carbocycles. The van der Waals surface area contributed by atoms with Gasteiger partial charge in [0.1, 0.15) is 0 Å². The molecule has 0 radical (unpaired) electrons. The summed E-state index contributed by atoms with van der Waals surface area (Å²) in [6.45, 7) is 4.15. The maximum absolute atomic E-state index is 12.6. The Kier molecular flexibility index (Phi) is 6.72. The molecule has 0 bridgehead atoms.